The van der Waals surface area contributed by atoms with Crippen molar-refractivity contribution in [3.63, 3.8) is 0 Å². The summed E-state index contributed by atoms with van der Waals surface area (Å²) < 4.78 is 10.5. The van der Waals surface area contributed by atoms with E-state index in [1.165, 1.54) is 6.33 Å². The van der Waals surface area contributed by atoms with E-state index in [0.29, 0.717) is 28.6 Å². The number of nitrogens with one attached hydrogen (secondary N) is 2. The lowest BCUT2D eigenvalue weighted by atomic mass is 9.92. The van der Waals surface area contributed by atoms with Crippen molar-refractivity contribution in [3.8, 4) is 5.75 Å². The fourth-order valence-electron chi connectivity index (χ4n) is 4.21. The molecule has 2 N–H and O–H groups in total. The Morgan fingerprint density at radius 1 is 1.08 bits per heavy atom. The van der Waals surface area contributed by atoms with E-state index in [4.69, 9.17) is 21.1 Å². The molecule has 0 radical (unpaired) electrons. The van der Waals surface area contributed by atoms with Crippen molar-refractivity contribution < 1.29 is 19.1 Å². The molecule has 3 aromatic rings. The van der Waals surface area contributed by atoms with Crippen LogP contribution >= 0.6 is 11.6 Å². The first kappa shape index (κ1) is 26.2. The predicted molar refractivity (Wildman–Crippen MR) is 143 cm³/mol. The van der Waals surface area contributed by atoms with Gasteiger partial charge in [0, 0.05) is 23.7 Å². The lowest BCUT2D eigenvalue weighted by molar-refractivity contribution is 0.0593. The van der Waals surface area contributed by atoms with Crippen LogP contribution in [0.25, 0.3) is 0 Å². The van der Waals surface area contributed by atoms with Gasteiger partial charge in [-0.15, -0.1) is 0 Å². The molecule has 1 aliphatic heterocycles. The third-order valence-corrected chi connectivity index (χ3v) is 6.36. The lowest BCUT2D eigenvalue weighted by Crippen LogP contribution is -2.38. The number of ether oxygens (including phenoxy) is 2. The number of fused-ring (bicyclic) bond motifs is 1. The van der Waals surface area contributed by atoms with Crippen molar-refractivity contribution in [3.05, 3.63) is 70.5 Å². The zero-order chi connectivity index (χ0) is 27.0. The van der Waals surface area contributed by atoms with Crippen molar-refractivity contribution >= 4 is 40.9 Å². The second-order valence-electron chi connectivity index (χ2n) is 10.2. The molecule has 0 aliphatic carbocycles. The maximum absolute atomic E-state index is 13.4. The van der Waals surface area contributed by atoms with Crippen LogP contribution in [0.15, 0.2) is 48.8 Å². The maximum atomic E-state index is 13.4. The first-order valence-corrected chi connectivity index (χ1v) is 12.1. The average Bonchev–Trinajstić information content (AvgIpc) is 3.01. The van der Waals surface area contributed by atoms with Crippen molar-refractivity contribution in [2.75, 3.05) is 17.7 Å². The highest BCUT2D eigenvalue weighted by molar-refractivity contribution is 6.35. The molecular formula is C27H30ClN5O4. The molecule has 0 fully saturated rings. The van der Waals surface area contributed by atoms with Crippen molar-refractivity contribution in [2.24, 2.45) is 0 Å². The molecule has 1 aliphatic rings. The topological polar surface area (TPSA) is 106 Å². The fraction of sp³-hybridized carbons (Fsp3) is 0.333. The van der Waals surface area contributed by atoms with E-state index in [2.05, 4.69) is 20.6 Å². The van der Waals surface area contributed by atoms with Gasteiger partial charge in [0.05, 0.1) is 23.4 Å². The summed E-state index contributed by atoms with van der Waals surface area (Å²) in [5.74, 6) is 1.35. The summed E-state index contributed by atoms with van der Waals surface area (Å²) in [5.41, 5.74) is 1.56. The Labute approximate surface area is 221 Å². The molecule has 0 atom stereocenters. The molecule has 0 spiro atoms. The highest BCUT2D eigenvalue weighted by Gasteiger charge is 2.45. The Kier molecular flexibility index (Phi) is 7.01. The van der Waals surface area contributed by atoms with Crippen LogP contribution in [0.3, 0.4) is 0 Å². The van der Waals surface area contributed by atoms with Crippen LogP contribution in [0.4, 0.5) is 22.1 Å². The van der Waals surface area contributed by atoms with E-state index in [-0.39, 0.29) is 11.7 Å². The number of anilines is 3. The molecule has 9 nitrogen and oxygen atoms in total. The normalized spacial score (nSPS) is 14.2. The minimum atomic E-state index is -0.657. The summed E-state index contributed by atoms with van der Waals surface area (Å²) in [5, 5.41) is 6.19. The van der Waals surface area contributed by atoms with Crippen LogP contribution in [0.2, 0.25) is 5.02 Å². The van der Waals surface area contributed by atoms with Gasteiger partial charge in [0.1, 0.15) is 29.3 Å². The number of hydrogen-bond acceptors (Lipinski definition) is 7. The van der Waals surface area contributed by atoms with Crippen LogP contribution in [-0.2, 0) is 16.8 Å². The van der Waals surface area contributed by atoms with Crippen molar-refractivity contribution in [2.45, 2.75) is 52.3 Å². The monoisotopic (exact) mass is 523 g/mol. The second kappa shape index (κ2) is 9.89. The molecule has 10 heteroatoms. The van der Waals surface area contributed by atoms with Gasteiger partial charge in [-0.3, -0.25) is 10.1 Å². The van der Waals surface area contributed by atoms with Gasteiger partial charge < -0.3 is 19.7 Å². The Balaban J connectivity index is 1.56. The third-order valence-electron chi connectivity index (χ3n) is 5.96. The largest absolute Gasteiger partial charge is 0.497 e. The number of aromatic nitrogens is 2. The van der Waals surface area contributed by atoms with Gasteiger partial charge in [-0.1, -0.05) is 23.7 Å². The number of halogens is 1. The van der Waals surface area contributed by atoms with E-state index in [0.717, 1.165) is 16.9 Å². The van der Waals surface area contributed by atoms with Crippen LogP contribution < -0.4 is 15.4 Å². The van der Waals surface area contributed by atoms with E-state index < -0.39 is 17.2 Å². The van der Waals surface area contributed by atoms with E-state index in [9.17, 15) is 9.59 Å². The molecule has 4 rings (SSSR count). The third kappa shape index (κ3) is 5.61. The summed E-state index contributed by atoms with van der Waals surface area (Å²) in [6.45, 7) is 9.71. The number of nitrogens with zero attached hydrogens (tertiary/aromatic N) is 3. The standard InChI is InChI=1S/C27H30ClN5O4/c1-26(2,3)37-25(35)32-21-13-20(29-15-30-21)31-19-12-11-18-22(23(19)28)27(4,5)33(24(18)34)14-16-7-9-17(36-6)10-8-16/h7-13,15H,14H2,1-6H3,(H2,29,30,31,32,35). The Morgan fingerprint density at radius 2 is 1.76 bits per heavy atom. The summed E-state index contributed by atoms with van der Waals surface area (Å²) in [6.07, 6.45) is 0.699. The van der Waals surface area contributed by atoms with Gasteiger partial charge in [-0.05, 0) is 64.4 Å². The molecule has 0 saturated carbocycles. The molecular weight excluding hydrogens is 494 g/mol. The summed E-state index contributed by atoms with van der Waals surface area (Å²) in [4.78, 5) is 35.6. The first-order valence-electron chi connectivity index (χ1n) is 11.8. The summed E-state index contributed by atoms with van der Waals surface area (Å²) >= 11 is 6.87. The number of amides is 2. The molecule has 2 amide bonds. The van der Waals surface area contributed by atoms with E-state index >= 15 is 0 Å². The zero-order valence-electron chi connectivity index (χ0n) is 21.7. The second-order valence-corrected chi connectivity index (χ2v) is 10.6. The number of carbonyl (C=O) groups is 2. The van der Waals surface area contributed by atoms with Crippen LogP contribution in [0.1, 0.15) is 56.1 Å². The van der Waals surface area contributed by atoms with Gasteiger partial charge in [0.2, 0.25) is 0 Å². The van der Waals surface area contributed by atoms with Crippen molar-refractivity contribution in [1.29, 1.82) is 0 Å². The molecule has 37 heavy (non-hydrogen) atoms. The Morgan fingerprint density at radius 3 is 2.41 bits per heavy atom. The zero-order valence-corrected chi connectivity index (χ0v) is 22.4. The quantitative estimate of drug-likeness (QED) is 0.401. The van der Waals surface area contributed by atoms with Gasteiger partial charge >= 0.3 is 6.09 Å². The molecule has 2 heterocycles. The van der Waals surface area contributed by atoms with Crippen molar-refractivity contribution in [1.82, 2.24) is 14.9 Å². The number of carbonyl (C=O) groups excluding carboxylic acids is 2. The number of rotatable bonds is 6. The summed E-state index contributed by atoms with van der Waals surface area (Å²) in [6, 6.07) is 12.7. The van der Waals surface area contributed by atoms with Gasteiger partial charge in [-0.25, -0.2) is 14.8 Å². The minimum Gasteiger partial charge on any atom is -0.497 e. The number of methoxy groups -OCH3 is 1. The molecule has 0 bridgehead atoms. The Hall–Kier alpha value is -3.85. The van der Waals surface area contributed by atoms with Crippen LogP contribution in [0.5, 0.6) is 5.75 Å². The SMILES string of the molecule is COc1ccc(CN2C(=O)c3ccc(Nc4cc(NC(=O)OC(C)(C)C)ncn4)c(Cl)c3C2(C)C)cc1. The number of hydrogen-bond donors (Lipinski definition) is 2. The predicted octanol–water partition coefficient (Wildman–Crippen LogP) is 6.12. The van der Waals surface area contributed by atoms with Gasteiger partial charge in [0.15, 0.2) is 0 Å². The average molecular weight is 524 g/mol. The van der Waals surface area contributed by atoms with Crippen LogP contribution in [0, 0.1) is 0 Å². The fourth-order valence-corrected chi connectivity index (χ4v) is 4.65. The van der Waals surface area contributed by atoms with Crippen LogP contribution in [-0.4, -0.2) is 39.6 Å². The summed E-state index contributed by atoms with van der Waals surface area (Å²) in [7, 11) is 1.62. The maximum Gasteiger partial charge on any atom is 0.413 e. The molecule has 1 aromatic heterocycles. The molecule has 2 aromatic carbocycles. The smallest absolute Gasteiger partial charge is 0.413 e. The molecule has 0 unspecified atom stereocenters. The molecule has 0 saturated heterocycles. The minimum absolute atomic E-state index is 0.0878. The van der Waals surface area contributed by atoms with E-state index in [1.807, 2.05) is 43.0 Å². The van der Waals surface area contributed by atoms with Gasteiger partial charge in [-0.2, -0.15) is 0 Å². The van der Waals surface area contributed by atoms with Gasteiger partial charge in [0.25, 0.3) is 5.91 Å². The first-order chi connectivity index (χ1) is 17.4. The Bertz CT molecular complexity index is 1340. The lowest BCUT2D eigenvalue weighted by Gasteiger charge is -2.33. The highest BCUT2D eigenvalue weighted by atomic mass is 35.5. The molecule has 194 valence electrons. The highest BCUT2D eigenvalue weighted by Crippen LogP contribution is 2.46. The number of benzene rings is 2. The van der Waals surface area contributed by atoms with E-state index in [1.54, 1.807) is 46.1 Å².